The smallest absolute Gasteiger partial charge is 0.282 e. The van der Waals surface area contributed by atoms with Gasteiger partial charge >= 0.3 is 0 Å². The Bertz CT molecular complexity index is 1280. The molecule has 1 fully saturated rings. The minimum atomic E-state index is -3.99. The highest BCUT2D eigenvalue weighted by Gasteiger charge is 2.40. The summed E-state index contributed by atoms with van der Waals surface area (Å²) in [6.45, 7) is 9.69. The summed E-state index contributed by atoms with van der Waals surface area (Å²) in [5.74, 6) is -0.306. The summed E-state index contributed by atoms with van der Waals surface area (Å²) < 4.78 is 29.9. The fraction of sp³-hybridized carbons (Fsp3) is 0.190. The Labute approximate surface area is 199 Å². The predicted octanol–water partition coefficient (Wildman–Crippen LogP) is 4.93. The molecule has 2 aliphatic heterocycles. The van der Waals surface area contributed by atoms with Gasteiger partial charge in [-0.25, -0.2) is 4.98 Å². The number of rotatable bonds is 5. The normalized spacial score (nSPS) is 20.7. The van der Waals surface area contributed by atoms with Crippen LogP contribution in [0.25, 0.3) is 0 Å². The van der Waals surface area contributed by atoms with Gasteiger partial charge in [-0.2, -0.15) is 8.42 Å². The van der Waals surface area contributed by atoms with Crippen molar-refractivity contribution >= 4 is 61.1 Å². The van der Waals surface area contributed by atoms with Crippen LogP contribution in [0.1, 0.15) is 19.4 Å². The average Bonchev–Trinajstić information content (AvgIpc) is 3.44. The van der Waals surface area contributed by atoms with Crippen molar-refractivity contribution in [2.24, 2.45) is 4.40 Å². The van der Waals surface area contributed by atoms with Gasteiger partial charge in [-0.05, 0) is 44.7 Å². The largest absolute Gasteiger partial charge is 0.284 e. The third-order valence-electron chi connectivity index (χ3n) is 4.80. The lowest BCUT2D eigenvalue weighted by atomic mass is 10.2. The van der Waals surface area contributed by atoms with Crippen LogP contribution in [-0.2, 0) is 14.8 Å². The first kappa shape index (κ1) is 22.8. The number of amides is 1. The lowest BCUT2D eigenvalue weighted by Gasteiger charge is -2.19. The molecule has 166 valence electrons. The van der Waals surface area contributed by atoms with Gasteiger partial charge in [0.25, 0.3) is 15.9 Å². The third-order valence-corrected chi connectivity index (χ3v) is 9.33. The van der Waals surface area contributed by atoms with E-state index in [-0.39, 0.29) is 22.5 Å². The van der Waals surface area contributed by atoms with E-state index < -0.39 is 10.0 Å². The molecule has 4 rings (SSSR count). The first-order chi connectivity index (χ1) is 15.2. The van der Waals surface area contributed by atoms with E-state index >= 15 is 0 Å². The highest BCUT2D eigenvalue weighted by Crippen LogP contribution is 2.49. The Hall–Kier alpha value is -2.34. The first-order valence-corrected chi connectivity index (χ1v) is 13.5. The van der Waals surface area contributed by atoms with Crippen LogP contribution in [0.3, 0.4) is 0 Å². The van der Waals surface area contributed by atoms with Crippen molar-refractivity contribution in [3.05, 3.63) is 74.6 Å². The molecule has 0 spiro atoms. The van der Waals surface area contributed by atoms with Crippen molar-refractivity contribution in [1.82, 2.24) is 9.88 Å². The molecule has 0 unspecified atom stereocenters. The summed E-state index contributed by atoms with van der Waals surface area (Å²) in [4.78, 5) is 22.6. The maximum atomic E-state index is 13.3. The second kappa shape index (κ2) is 8.89. The lowest BCUT2D eigenvalue weighted by molar-refractivity contribution is -0.121. The van der Waals surface area contributed by atoms with E-state index in [4.69, 9.17) is 0 Å². The second-order valence-corrected chi connectivity index (χ2v) is 11.7. The number of allylic oxidation sites excluding steroid dienone is 2. The topological polar surface area (TPSA) is 82.9 Å². The van der Waals surface area contributed by atoms with E-state index in [9.17, 15) is 13.2 Å². The molecule has 0 aliphatic carbocycles. The molecule has 0 atom stereocenters. The maximum Gasteiger partial charge on any atom is 0.284 e. The number of amidine groups is 1. The number of hydrogen-bond acceptors (Lipinski definition) is 8. The van der Waals surface area contributed by atoms with Crippen molar-refractivity contribution in [2.75, 3.05) is 11.4 Å². The molecule has 1 amide bonds. The van der Waals surface area contributed by atoms with Gasteiger partial charge in [-0.15, -0.1) is 22.3 Å². The van der Waals surface area contributed by atoms with E-state index in [1.807, 2.05) is 31.1 Å². The second-order valence-electron chi connectivity index (χ2n) is 7.00. The Kier molecular flexibility index (Phi) is 6.35. The summed E-state index contributed by atoms with van der Waals surface area (Å²) in [5.41, 5.74) is 1.93. The summed E-state index contributed by atoms with van der Waals surface area (Å²) in [6.07, 6.45) is 3.26. The van der Waals surface area contributed by atoms with E-state index in [0.717, 1.165) is 33.1 Å². The van der Waals surface area contributed by atoms with Gasteiger partial charge in [0.1, 0.15) is 9.93 Å². The zero-order valence-electron chi connectivity index (χ0n) is 17.6. The van der Waals surface area contributed by atoms with Crippen molar-refractivity contribution in [3.8, 4) is 0 Å². The number of thioether (sulfide) groups is 2. The molecule has 11 heteroatoms. The summed E-state index contributed by atoms with van der Waals surface area (Å²) in [7, 11) is -3.99. The first-order valence-electron chi connectivity index (χ1n) is 9.54. The Morgan fingerprint density at radius 1 is 1.16 bits per heavy atom. The van der Waals surface area contributed by atoms with Crippen molar-refractivity contribution in [3.63, 3.8) is 0 Å². The van der Waals surface area contributed by atoms with Crippen LogP contribution in [0.15, 0.2) is 78.3 Å². The zero-order valence-corrected chi connectivity index (χ0v) is 20.9. The van der Waals surface area contributed by atoms with Crippen LogP contribution in [0, 0.1) is 6.92 Å². The molecule has 2 aromatic rings. The number of carbonyl (C=O) groups excluding carboxylic acids is 1. The summed E-state index contributed by atoms with van der Waals surface area (Å²) in [6, 6.07) is 6.46. The van der Waals surface area contributed by atoms with Gasteiger partial charge in [0.2, 0.25) is 0 Å². The molecule has 0 N–H and O–H groups in total. The molecule has 0 bridgehead atoms. The molecule has 32 heavy (non-hydrogen) atoms. The number of aromatic nitrogens is 1. The number of nitrogens with zero attached hydrogens (tertiary/aromatic N) is 4. The van der Waals surface area contributed by atoms with Crippen molar-refractivity contribution in [1.29, 1.82) is 0 Å². The minimum absolute atomic E-state index is 0.0799. The standard InChI is InChI=1S/C21H20N4O3S4/c1-5-11-24-18(26)17(19-25(14(3)15(4)30-19)20-22-10-12-29-20)31-21(24)23-32(27,28)16-8-6-13(2)7-9-16/h5-10,12H,1,11H2,2-4H3/b19-17+,23-21+. The van der Waals surface area contributed by atoms with Gasteiger partial charge in [0.15, 0.2) is 10.3 Å². The Morgan fingerprint density at radius 2 is 1.88 bits per heavy atom. The van der Waals surface area contributed by atoms with Gasteiger partial charge in [0.05, 0.1) is 4.90 Å². The van der Waals surface area contributed by atoms with E-state index in [1.165, 1.54) is 40.1 Å². The highest BCUT2D eigenvalue weighted by molar-refractivity contribution is 8.20. The molecule has 7 nitrogen and oxygen atoms in total. The van der Waals surface area contributed by atoms with Crippen LogP contribution in [0.4, 0.5) is 5.13 Å². The van der Waals surface area contributed by atoms with Gasteiger partial charge in [0, 0.05) is 28.7 Å². The quantitative estimate of drug-likeness (QED) is 0.422. The number of anilines is 1. The fourth-order valence-corrected chi connectivity index (χ4v) is 7.23. The van der Waals surface area contributed by atoms with E-state index in [0.29, 0.717) is 9.93 Å². The molecule has 0 radical (unpaired) electrons. The average molecular weight is 505 g/mol. The van der Waals surface area contributed by atoms with Crippen LogP contribution >= 0.6 is 34.9 Å². The number of sulfonamides is 1. The summed E-state index contributed by atoms with van der Waals surface area (Å²) >= 11 is 4.00. The molecule has 3 heterocycles. The van der Waals surface area contributed by atoms with Crippen molar-refractivity contribution < 1.29 is 13.2 Å². The molecular formula is C21H20N4O3S4. The monoisotopic (exact) mass is 504 g/mol. The van der Waals surface area contributed by atoms with Gasteiger partial charge in [-0.1, -0.05) is 35.5 Å². The Balaban J connectivity index is 1.79. The molecule has 2 aliphatic rings. The molecule has 0 saturated carbocycles. The molecule has 1 saturated heterocycles. The van der Waals surface area contributed by atoms with Crippen LogP contribution in [0.5, 0.6) is 0 Å². The van der Waals surface area contributed by atoms with Crippen LogP contribution in [-0.4, -0.2) is 35.9 Å². The molecular weight excluding hydrogens is 485 g/mol. The van der Waals surface area contributed by atoms with Gasteiger partial charge in [-0.3, -0.25) is 14.6 Å². The van der Waals surface area contributed by atoms with Gasteiger partial charge < -0.3 is 0 Å². The predicted molar refractivity (Wildman–Crippen MR) is 133 cm³/mol. The molecule has 1 aromatic heterocycles. The number of hydrogen-bond donors (Lipinski definition) is 0. The minimum Gasteiger partial charge on any atom is -0.282 e. The zero-order chi connectivity index (χ0) is 23.0. The van der Waals surface area contributed by atoms with Crippen LogP contribution in [0.2, 0.25) is 0 Å². The fourth-order valence-electron chi connectivity index (χ4n) is 3.04. The third kappa shape index (κ3) is 4.17. The van der Waals surface area contributed by atoms with Crippen LogP contribution < -0.4 is 4.90 Å². The SMILES string of the molecule is C=CCN1C(=O)/C(=C2\SC(C)=C(C)N2c2nccs2)S/C1=N/S(=O)(=O)c1ccc(C)cc1. The maximum absolute atomic E-state index is 13.3. The lowest BCUT2D eigenvalue weighted by Crippen LogP contribution is -2.30. The van der Waals surface area contributed by atoms with E-state index in [2.05, 4.69) is 16.0 Å². The number of benzene rings is 1. The number of thiazole rings is 1. The summed E-state index contributed by atoms with van der Waals surface area (Å²) in [5, 5.41) is 3.44. The van der Waals surface area contributed by atoms with E-state index in [1.54, 1.807) is 24.4 Å². The number of aryl methyl sites for hydroxylation is 1. The van der Waals surface area contributed by atoms with Crippen molar-refractivity contribution in [2.45, 2.75) is 25.7 Å². The highest BCUT2D eigenvalue weighted by atomic mass is 32.2. The molecule has 1 aromatic carbocycles. The number of carbonyl (C=O) groups is 1. The Morgan fingerprint density at radius 3 is 2.50 bits per heavy atom.